The number of halogens is 1. The zero-order valence-corrected chi connectivity index (χ0v) is 12.4. The number of amides is 1. The highest BCUT2D eigenvalue weighted by atomic mass is 35.5. The maximum absolute atomic E-state index is 11.5. The van der Waals surface area contributed by atoms with Crippen molar-refractivity contribution in [1.82, 2.24) is 20.4 Å². The first-order valence-corrected chi connectivity index (χ1v) is 6.87. The van der Waals surface area contributed by atoms with Gasteiger partial charge in [0.05, 0.1) is 12.2 Å². The Hall–Kier alpha value is -1.60. The first kappa shape index (κ1) is 14.8. The van der Waals surface area contributed by atoms with Crippen LogP contribution in [-0.4, -0.2) is 60.3 Å². The van der Waals surface area contributed by atoms with Gasteiger partial charge in [0.25, 0.3) is 0 Å². The van der Waals surface area contributed by atoms with Crippen LogP contribution in [-0.2, 0) is 4.79 Å². The van der Waals surface area contributed by atoms with E-state index in [4.69, 9.17) is 17.3 Å². The van der Waals surface area contributed by atoms with Crippen molar-refractivity contribution in [3.8, 4) is 0 Å². The molecule has 0 saturated carbocycles. The van der Waals surface area contributed by atoms with E-state index in [0.29, 0.717) is 17.5 Å². The lowest BCUT2D eigenvalue weighted by Crippen LogP contribution is -2.54. The minimum Gasteiger partial charge on any atom is -0.380 e. The largest absolute Gasteiger partial charge is 0.380 e. The standard InChI is InChI=1S/C12H19ClN6O/c1-8-6-19(4-3-18(8)7-11(20)15-2)9-5-10(13)16-17-12(9)14/h5,8H,3-4,6-7H2,1-2H3,(H2,14,17)(H,15,20)/t8-/m1/s1. The molecule has 0 aliphatic carbocycles. The molecule has 20 heavy (non-hydrogen) atoms. The van der Waals surface area contributed by atoms with Crippen LogP contribution in [0.15, 0.2) is 6.07 Å². The van der Waals surface area contributed by atoms with Crippen LogP contribution < -0.4 is 16.0 Å². The van der Waals surface area contributed by atoms with Gasteiger partial charge >= 0.3 is 0 Å². The summed E-state index contributed by atoms with van der Waals surface area (Å²) in [7, 11) is 1.65. The average Bonchev–Trinajstić information content (AvgIpc) is 2.43. The Morgan fingerprint density at radius 2 is 2.30 bits per heavy atom. The lowest BCUT2D eigenvalue weighted by atomic mass is 10.1. The fourth-order valence-corrected chi connectivity index (χ4v) is 2.48. The van der Waals surface area contributed by atoms with Crippen molar-refractivity contribution in [2.75, 3.05) is 43.9 Å². The topological polar surface area (TPSA) is 87.4 Å². The molecular formula is C12H19ClN6O. The second-order valence-electron chi connectivity index (χ2n) is 4.88. The van der Waals surface area contributed by atoms with Gasteiger partial charge < -0.3 is 16.0 Å². The van der Waals surface area contributed by atoms with Crippen LogP contribution in [0.25, 0.3) is 0 Å². The van der Waals surface area contributed by atoms with Crippen LogP contribution in [0.5, 0.6) is 0 Å². The number of aromatic nitrogens is 2. The van der Waals surface area contributed by atoms with Crippen molar-refractivity contribution >= 4 is 29.0 Å². The fraction of sp³-hybridized carbons (Fsp3) is 0.583. The third-order valence-electron chi connectivity index (χ3n) is 3.50. The molecule has 1 aromatic rings. The highest BCUT2D eigenvalue weighted by Gasteiger charge is 2.26. The summed E-state index contributed by atoms with van der Waals surface area (Å²) in [6.07, 6.45) is 0. The minimum atomic E-state index is 0.0263. The summed E-state index contributed by atoms with van der Waals surface area (Å²) in [5, 5.41) is 10.5. The third kappa shape index (κ3) is 3.29. The molecule has 0 spiro atoms. The molecule has 1 atom stereocenters. The summed E-state index contributed by atoms with van der Waals surface area (Å²) in [6, 6.07) is 1.97. The van der Waals surface area contributed by atoms with E-state index in [1.54, 1.807) is 13.1 Å². The maximum atomic E-state index is 11.5. The fourth-order valence-electron chi connectivity index (χ4n) is 2.33. The van der Waals surface area contributed by atoms with Crippen molar-refractivity contribution in [3.63, 3.8) is 0 Å². The van der Waals surface area contributed by atoms with Gasteiger partial charge in [-0.15, -0.1) is 10.2 Å². The van der Waals surface area contributed by atoms with Crippen molar-refractivity contribution in [1.29, 1.82) is 0 Å². The van der Waals surface area contributed by atoms with Crippen molar-refractivity contribution < 1.29 is 4.79 Å². The molecule has 2 heterocycles. The lowest BCUT2D eigenvalue weighted by molar-refractivity contribution is -0.122. The van der Waals surface area contributed by atoms with Gasteiger partial charge in [-0.3, -0.25) is 9.69 Å². The second-order valence-corrected chi connectivity index (χ2v) is 5.26. The zero-order valence-electron chi connectivity index (χ0n) is 11.6. The highest BCUT2D eigenvalue weighted by Crippen LogP contribution is 2.25. The number of hydrogen-bond donors (Lipinski definition) is 2. The number of nitrogens with two attached hydrogens (primary N) is 1. The first-order valence-electron chi connectivity index (χ1n) is 6.49. The van der Waals surface area contributed by atoms with Crippen LogP contribution in [0.4, 0.5) is 11.5 Å². The number of anilines is 2. The van der Waals surface area contributed by atoms with Crippen LogP contribution in [0.3, 0.4) is 0 Å². The SMILES string of the molecule is CNC(=O)CN1CCN(c2cc(Cl)nnc2N)C[C@H]1C. The number of piperazine rings is 1. The van der Waals surface area contributed by atoms with E-state index in [9.17, 15) is 4.79 Å². The predicted octanol–water partition coefficient (Wildman–Crippen LogP) is -0.0313. The maximum Gasteiger partial charge on any atom is 0.233 e. The van der Waals surface area contributed by atoms with Gasteiger partial charge in [-0.2, -0.15) is 0 Å². The molecule has 1 fully saturated rings. The highest BCUT2D eigenvalue weighted by molar-refractivity contribution is 6.29. The number of carbonyl (C=O) groups excluding carboxylic acids is 1. The molecule has 0 unspecified atom stereocenters. The molecule has 8 heteroatoms. The average molecular weight is 299 g/mol. The lowest BCUT2D eigenvalue weighted by Gasteiger charge is -2.40. The van der Waals surface area contributed by atoms with Gasteiger partial charge in [0.1, 0.15) is 0 Å². The number of nitrogens with one attached hydrogen (secondary N) is 1. The number of nitrogens with zero attached hydrogens (tertiary/aromatic N) is 4. The van der Waals surface area contributed by atoms with E-state index in [1.165, 1.54) is 0 Å². The third-order valence-corrected chi connectivity index (χ3v) is 3.69. The van der Waals surface area contributed by atoms with E-state index >= 15 is 0 Å². The van der Waals surface area contributed by atoms with Crippen LogP contribution >= 0.6 is 11.6 Å². The molecule has 1 aliphatic heterocycles. The molecule has 1 saturated heterocycles. The van der Waals surface area contributed by atoms with Crippen LogP contribution in [0.2, 0.25) is 5.15 Å². The normalized spacial score (nSPS) is 19.9. The monoisotopic (exact) mass is 298 g/mol. The Kier molecular flexibility index (Phi) is 4.61. The van der Waals surface area contributed by atoms with Gasteiger partial charge in [-0.25, -0.2) is 0 Å². The summed E-state index contributed by atoms with van der Waals surface area (Å²) in [5.74, 6) is 0.403. The van der Waals surface area contributed by atoms with E-state index in [1.807, 2.05) is 0 Å². The zero-order chi connectivity index (χ0) is 14.7. The molecule has 1 aromatic heterocycles. The molecule has 3 N–H and O–H groups in total. The van der Waals surface area contributed by atoms with Gasteiger partial charge in [-0.1, -0.05) is 11.6 Å². The first-order chi connectivity index (χ1) is 9.51. The molecule has 0 radical (unpaired) electrons. The van der Waals surface area contributed by atoms with Crippen LogP contribution in [0.1, 0.15) is 6.92 Å². The smallest absolute Gasteiger partial charge is 0.233 e. The predicted molar refractivity (Wildman–Crippen MR) is 78.8 cm³/mol. The molecule has 110 valence electrons. The summed E-state index contributed by atoms with van der Waals surface area (Å²) < 4.78 is 0. The molecule has 1 aliphatic rings. The van der Waals surface area contributed by atoms with Gasteiger partial charge in [0.2, 0.25) is 5.91 Å². The van der Waals surface area contributed by atoms with Gasteiger partial charge in [0, 0.05) is 38.8 Å². The molecule has 7 nitrogen and oxygen atoms in total. The quantitative estimate of drug-likeness (QED) is 0.815. The molecular weight excluding hydrogens is 280 g/mol. The van der Waals surface area contributed by atoms with E-state index < -0.39 is 0 Å². The summed E-state index contributed by atoms with van der Waals surface area (Å²) >= 11 is 5.87. The number of likely N-dealkylation sites (N-methyl/N-ethyl adjacent to an activating group) is 1. The van der Waals surface area contributed by atoms with E-state index in [0.717, 1.165) is 25.3 Å². The number of nitrogen functional groups attached to an aromatic ring is 1. The van der Waals surface area contributed by atoms with Gasteiger partial charge in [0.15, 0.2) is 11.0 Å². The minimum absolute atomic E-state index is 0.0263. The molecule has 0 aromatic carbocycles. The Morgan fingerprint density at radius 3 is 2.95 bits per heavy atom. The Labute approximate surface area is 123 Å². The van der Waals surface area contributed by atoms with E-state index in [2.05, 4.69) is 32.2 Å². The number of hydrogen-bond acceptors (Lipinski definition) is 6. The van der Waals surface area contributed by atoms with Gasteiger partial charge in [-0.05, 0) is 6.92 Å². The number of carbonyl (C=O) groups is 1. The molecule has 2 rings (SSSR count). The summed E-state index contributed by atoms with van der Waals surface area (Å²) in [5.41, 5.74) is 6.65. The van der Waals surface area contributed by atoms with Crippen molar-refractivity contribution in [2.24, 2.45) is 0 Å². The Bertz CT molecular complexity index is 497. The second kappa shape index (κ2) is 6.23. The molecule has 0 bridgehead atoms. The van der Waals surface area contributed by atoms with Crippen LogP contribution in [0, 0.1) is 0 Å². The Balaban J connectivity index is 2.05. The van der Waals surface area contributed by atoms with Crippen molar-refractivity contribution in [2.45, 2.75) is 13.0 Å². The molecule has 1 amide bonds. The van der Waals surface area contributed by atoms with Crippen molar-refractivity contribution in [3.05, 3.63) is 11.2 Å². The Morgan fingerprint density at radius 1 is 1.55 bits per heavy atom. The van der Waals surface area contributed by atoms with E-state index in [-0.39, 0.29) is 11.9 Å². The summed E-state index contributed by atoms with van der Waals surface area (Å²) in [4.78, 5) is 15.7. The number of rotatable bonds is 3. The summed E-state index contributed by atoms with van der Waals surface area (Å²) in [6.45, 7) is 4.82.